The normalized spacial score (nSPS) is 23.2. The highest BCUT2D eigenvalue weighted by Crippen LogP contribution is 2.34. The third-order valence-electron chi connectivity index (χ3n) is 6.04. The molecule has 3 aromatic rings. The smallest absolute Gasteiger partial charge is 0.217 e. The van der Waals surface area contributed by atoms with Gasteiger partial charge in [0.1, 0.15) is 6.10 Å². The van der Waals surface area contributed by atoms with Gasteiger partial charge >= 0.3 is 0 Å². The van der Waals surface area contributed by atoms with Crippen molar-refractivity contribution in [1.29, 1.82) is 0 Å². The number of pyridine rings is 1. The standard InChI is InChI=1S/C23H27N3O2S/c1-2-6-21-20(5-1)26-23(29-21)25-17-7-9-18(10-8-17)28-22-19(4-3-13-24-22)16-11-14-27-15-12-16/h1-6,13,16-18H,7-12,14-15H2,(H,25,26). The quantitative estimate of drug-likeness (QED) is 0.612. The monoisotopic (exact) mass is 409 g/mol. The molecular weight excluding hydrogens is 382 g/mol. The number of fused-ring (bicyclic) bond motifs is 1. The van der Waals surface area contributed by atoms with E-state index in [-0.39, 0.29) is 6.10 Å². The predicted molar refractivity (Wildman–Crippen MR) is 117 cm³/mol. The van der Waals surface area contributed by atoms with Gasteiger partial charge in [0.25, 0.3) is 0 Å². The van der Waals surface area contributed by atoms with E-state index in [1.54, 1.807) is 11.3 Å². The Morgan fingerprint density at radius 2 is 1.79 bits per heavy atom. The summed E-state index contributed by atoms with van der Waals surface area (Å²) in [6.45, 7) is 1.67. The maximum absolute atomic E-state index is 6.39. The number of aromatic nitrogens is 2. The molecule has 1 saturated carbocycles. The van der Waals surface area contributed by atoms with Crippen LogP contribution in [0.3, 0.4) is 0 Å². The van der Waals surface area contributed by atoms with E-state index in [0.717, 1.165) is 68.3 Å². The minimum atomic E-state index is 0.247. The van der Waals surface area contributed by atoms with Crippen molar-refractivity contribution in [1.82, 2.24) is 9.97 Å². The highest BCUT2D eigenvalue weighted by atomic mass is 32.1. The van der Waals surface area contributed by atoms with E-state index in [0.29, 0.717) is 12.0 Å². The van der Waals surface area contributed by atoms with Crippen LogP contribution in [-0.4, -0.2) is 35.3 Å². The molecular formula is C23H27N3O2S. The molecule has 6 heteroatoms. The van der Waals surface area contributed by atoms with Crippen molar-refractivity contribution < 1.29 is 9.47 Å². The van der Waals surface area contributed by atoms with Gasteiger partial charge < -0.3 is 14.8 Å². The molecule has 2 aliphatic rings. The number of anilines is 1. The molecule has 2 aromatic heterocycles. The summed E-state index contributed by atoms with van der Waals surface area (Å²) in [5.74, 6) is 1.34. The third-order valence-corrected chi connectivity index (χ3v) is 7.00. The molecule has 0 atom stereocenters. The van der Waals surface area contributed by atoms with Gasteiger partial charge in [0.2, 0.25) is 5.88 Å². The van der Waals surface area contributed by atoms with Crippen LogP contribution in [0.5, 0.6) is 5.88 Å². The lowest BCUT2D eigenvalue weighted by molar-refractivity contribution is 0.0829. The van der Waals surface area contributed by atoms with E-state index in [9.17, 15) is 0 Å². The lowest BCUT2D eigenvalue weighted by atomic mass is 9.91. The number of hydrogen-bond acceptors (Lipinski definition) is 6. The van der Waals surface area contributed by atoms with Crippen molar-refractivity contribution in [3.05, 3.63) is 48.2 Å². The van der Waals surface area contributed by atoms with Crippen LogP contribution in [0.2, 0.25) is 0 Å². The van der Waals surface area contributed by atoms with Crippen LogP contribution in [0, 0.1) is 0 Å². The maximum atomic E-state index is 6.39. The van der Waals surface area contributed by atoms with Gasteiger partial charge in [-0.2, -0.15) is 0 Å². The van der Waals surface area contributed by atoms with Gasteiger partial charge in [-0.25, -0.2) is 9.97 Å². The first-order valence-corrected chi connectivity index (χ1v) is 11.5. The number of rotatable bonds is 5. The SMILES string of the molecule is c1cnc(OC2CCC(Nc3nc4ccccc4s3)CC2)c(C2CCOCC2)c1. The molecule has 0 amide bonds. The summed E-state index contributed by atoms with van der Waals surface area (Å²) in [6.07, 6.45) is 8.50. The largest absolute Gasteiger partial charge is 0.474 e. The number of nitrogens with zero attached hydrogens (tertiary/aromatic N) is 2. The Bertz CT molecular complexity index is 913. The van der Waals surface area contributed by atoms with Crippen molar-refractivity contribution >= 4 is 26.7 Å². The van der Waals surface area contributed by atoms with Gasteiger partial charge in [-0.05, 0) is 62.6 Å². The molecule has 1 aromatic carbocycles. The van der Waals surface area contributed by atoms with Crippen LogP contribution in [0.15, 0.2) is 42.6 Å². The Morgan fingerprint density at radius 1 is 0.966 bits per heavy atom. The Morgan fingerprint density at radius 3 is 2.62 bits per heavy atom. The number of para-hydroxylation sites is 1. The van der Waals surface area contributed by atoms with Crippen molar-refractivity contribution in [2.24, 2.45) is 0 Å². The van der Waals surface area contributed by atoms with E-state index < -0.39 is 0 Å². The molecule has 1 N–H and O–H groups in total. The van der Waals surface area contributed by atoms with Crippen LogP contribution >= 0.6 is 11.3 Å². The number of hydrogen-bond donors (Lipinski definition) is 1. The summed E-state index contributed by atoms with van der Waals surface area (Å²) < 4.78 is 13.2. The Labute approximate surface area is 175 Å². The van der Waals surface area contributed by atoms with Gasteiger partial charge in [0, 0.05) is 31.0 Å². The molecule has 5 nitrogen and oxygen atoms in total. The Hall–Kier alpha value is -2.18. The van der Waals surface area contributed by atoms with Gasteiger partial charge in [-0.15, -0.1) is 0 Å². The fourth-order valence-electron chi connectivity index (χ4n) is 4.41. The average molecular weight is 410 g/mol. The van der Waals surface area contributed by atoms with Crippen LogP contribution in [0.25, 0.3) is 10.2 Å². The Kier molecular flexibility index (Phi) is 5.63. The molecule has 2 fully saturated rings. The molecule has 0 bridgehead atoms. The molecule has 0 radical (unpaired) electrons. The van der Waals surface area contributed by atoms with E-state index >= 15 is 0 Å². The predicted octanol–water partition coefficient (Wildman–Crippen LogP) is 5.39. The first kappa shape index (κ1) is 18.8. The van der Waals surface area contributed by atoms with E-state index in [2.05, 4.69) is 34.6 Å². The fourth-order valence-corrected chi connectivity index (χ4v) is 5.36. The molecule has 5 rings (SSSR count). The van der Waals surface area contributed by atoms with Gasteiger partial charge in [-0.1, -0.05) is 29.5 Å². The van der Waals surface area contributed by atoms with Crippen LogP contribution in [0.1, 0.15) is 50.0 Å². The summed E-state index contributed by atoms with van der Waals surface area (Å²) in [4.78, 5) is 9.28. The second kappa shape index (κ2) is 8.67. The minimum absolute atomic E-state index is 0.247. The third kappa shape index (κ3) is 4.38. The van der Waals surface area contributed by atoms with Crippen molar-refractivity contribution in [3.63, 3.8) is 0 Å². The molecule has 152 valence electrons. The maximum Gasteiger partial charge on any atom is 0.217 e. The lowest BCUT2D eigenvalue weighted by Crippen LogP contribution is -2.31. The summed E-state index contributed by atoms with van der Waals surface area (Å²) in [5.41, 5.74) is 2.33. The zero-order valence-electron chi connectivity index (χ0n) is 16.5. The van der Waals surface area contributed by atoms with Crippen LogP contribution in [-0.2, 0) is 4.74 Å². The van der Waals surface area contributed by atoms with Crippen molar-refractivity contribution in [2.75, 3.05) is 18.5 Å². The molecule has 0 unspecified atom stereocenters. The summed E-state index contributed by atoms with van der Waals surface area (Å²) in [6, 6.07) is 13.0. The zero-order chi connectivity index (χ0) is 19.5. The highest BCUT2D eigenvalue weighted by molar-refractivity contribution is 7.22. The second-order valence-electron chi connectivity index (χ2n) is 8.01. The summed E-state index contributed by atoms with van der Waals surface area (Å²) >= 11 is 1.74. The van der Waals surface area contributed by atoms with Crippen molar-refractivity contribution in [2.45, 2.75) is 56.6 Å². The number of ether oxygens (including phenoxy) is 2. The molecule has 1 saturated heterocycles. The highest BCUT2D eigenvalue weighted by Gasteiger charge is 2.26. The first-order chi connectivity index (χ1) is 14.3. The summed E-state index contributed by atoms with van der Waals surface area (Å²) in [7, 11) is 0. The van der Waals surface area contributed by atoms with Crippen LogP contribution < -0.4 is 10.1 Å². The lowest BCUT2D eigenvalue weighted by Gasteiger charge is -2.30. The second-order valence-corrected chi connectivity index (χ2v) is 9.04. The van der Waals surface area contributed by atoms with Gasteiger partial charge in [0.15, 0.2) is 5.13 Å². The first-order valence-electron chi connectivity index (χ1n) is 10.7. The fraction of sp³-hybridized carbons (Fsp3) is 0.478. The zero-order valence-corrected chi connectivity index (χ0v) is 17.4. The molecule has 1 aliphatic heterocycles. The topological polar surface area (TPSA) is 56.3 Å². The molecule has 1 aliphatic carbocycles. The van der Waals surface area contributed by atoms with Crippen LogP contribution in [0.4, 0.5) is 5.13 Å². The average Bonchev–Trinajstić information content (AvgIpc) is 3.18. The summed E-state index contributed by atoms with van der Waals surface area (Å²) in [5, 5.41) is 4.67. The number of benzene rings is 1. The molecule has 29 heavy (non-hydrogen) atoms. The number of nitrogens with one attached hydrogen (secondary N) is 1. The van der Waals surface area contributed by atoms with Crippen molar-refractivity contribution in [3.8, 4) is 5.88 Å². The molecule has 0 spiro atoms. The number of thiazole rings is 1. The van der Waals surface area contributed by atoms with E-state index in [4.69, 9.17) is 14.5 Å². The Balaban J connectivity index is 1.18. The van der Waals surface area contributed by atoms with E-state index in [1.807, 2.05) is 18.3 Å². The van der Waals surface area contributed by atoms with Gasteiger partial charge in [0.05, 0.1) is 10.2 Å². The van der Waals surface area contributed by atoms with E-state index in [1.165, 1.54) is 10.3 Å². The minimum Gasteiger partial charge on any atom is -0.474 e. The molecule has 3 heterocycles. The van der Waals surface area contributed by atoms with Gasteiger partial charge in [-0.3, -0.25) is 0 Å².